The van der Waals surface area contributed by atoms with E-state index >= 15 is 0 Å². The molecule has 3 amide bonds. The number of fused-ring (bicyclic) bond motifs is 1. The highest BCUT2D eigenvalue weighted by Crippen LogP contribution is 2.38. The molecule has 0 aromatic heterocycles. The van der Waals surface area contributed by atoms with Crippen LogP contribution in [-0.4, -0.2) is 63.6 Å². The molecule has 0 aliphatic carbocycles. The Balaban J connectivity index is 1.51. The normalized spacial score (nSPS) is 15.7. The Morgan fingerprint density at radius 3 is 2.38 bits per heavy atom. The van der Waals surface area contributed by atoms with Gasteiger partial charge in [0.25, 0.3) is 5.91 Å². The maximum Gasteiger partial charge on any atom is 0.414 e. The number of hydrogen-bond donors (Lipinski definition) is 2. The number of ether oxygens (including phenoxy) is 1. The van der Waals surface area contributed by atoms with Crippen LogP contribution in [0.3, 0.4) is 0 Å². The Hall–Kier alpha value is -4.70. The van der Waals surface area contributed by atoms with E-state index in [1.807, 2.05) is 55.4 Å². The van der Waals surface area contributed by atoms with Crippen LogP contribution in [0.25, 0.3) is 11.3 Å². The van der Waals surface area contributed by atoms with Gasteiger partial charge in [-0.15, -0.1) is 0 Å². The minimum absolute atomic E-state index is 0.0445. The molecule has 2 aliphatic heterocycles. The summed E-state index contributed by atoms with van der Waals surface area (Å²) in [4.78, 5) is 42.5. The molecule has 0 atom stereocenters. The van der Waals surface area contributed by atoms with Gasteiger partial charge in [-0.05, 0) is 74.3 Å². The number of carbonyl (C=O) groups excluding carboxylic acids is 3. The minimum Gasteiger partial charge on any atom is -0.447 e. The summed E-state index contributed by atoms with van der Waals surface area (Å²) in [7, 11) is 5.39. The van der Waals surface area contributed by atoms with Crippen LogP contribution in [-0.2, 0) is 14.3 Å². The molecule has 39 heavy (non-hydrogen) atoms. The Morgan fingerprint density at radius 2 is 1.74 bits per heavy atom. The van der Waals surface area contributed by atoms with Gasteiger partial charge < -0.3 is 25.2 Å². The highest BCUT2D eigenvalue weighted by molar-refractivity contribution is 6.37. The zero-order valence-electron chi connectivity index (χ0n) is 21.8. The van der Waals surface area contributed by atoms with Gasteiger partial charge in [-0.3, -0.25) is 14.5 Å². The molecule has 200 valence electrons. The van der Waals surface area contributed by atoms with Gasteiger partial charge in [-0.25, -0.2) is 9.18 Å². The van der Waals surface area contributed by atoms with Gasteiger partial charge in [0, 0.05) is 29.7 Å². The van der Waals surface area contributed by atoms with Gasteiger partial charge in [0.15, 0.2) is 0 Å². The third-order valence-electron chi connectivity index (χ3n) is 6.55. The van der Waals surface area contributed by atoms with E-state index in [4.69, 9.17) is 4.74 Å². The number of carbonyl (C=O) groups is 3. The van der Waals surface area contributed by atoms with Crippen molar-refractivity contribution in [3.05, 3.63) is 83.7 Å². The molecule has 10 heteroatoms. The zero-order valence-corrected chi connectivity index (χ0v) is 21.8. The van der Waals surface area contributed by atoms with Crippen molar-refractivity contribution < 1.29 is 23.5 Å². The molecule has 0 unspecified atom stereocenters. The van der Waals surface area contributed by atoms with Crippen LogP contribution >= 0.6 is 0 Å². The number of halogens is 1. The van der Waals surface area contributed by atoms with Crippen LogP contribution in [0, 0.1) is 5.82 Å². The lowest BCUT2D eigenvalue weighted by atomic mass is 9.99. The predicted octanol–water partition coefficient (Wildman–Crippen LogP) is 4.24. The largest absolute Gasteiger partial charge is 0.447 e. The van der Waals surface area contributed by atoms with Gasteiger partial charge in [0.1, 0.15) is 12.4 Å². The fraction of sp³-hybridized carbons (Fsp3) is 0.207. The number of amides is 3. The van der Waals surface area contributed by atoms with E-state index in [0.29, 0.717) is 52.6 Å². The summed E-state index contributed by atoms with van der Waals surface area (Å²) in [6, 6.07) is 18.7. The summed E-state index contributed by atoms with van der Waals surface area (Å²) in [6.45, 7) is 1.08. The van der Waals surface area contributed by atoms with E-state index < -0.39 is 11.9 Å². The molecule has 2 heterocycles. The molecular weight excluding hydrogens is 501 g/mol. The lowest BCUT2D eigenvalue weighted by Gasteiger charge is -2.21. The standard InChI is InChI=1S/C29H28FN5O4/c1-33(2)17-25(36)34(3)21-11-7-20(8-12-21)31-27(26-23-13-6-19(30)16-24(23)32-28(26)37)18-4-9-22(10-5-18)35-14-15-39-29(35)38/h4-13,16,31H,14-15,17H2,1-3H3,(H,32,37). The Morgan fingerprint density at radius 1 is 1.03 bits per heavy atom. The number of benzene rings is 3. The van der Waals surface area contributed by atoms with E-state index in [-0.39, 0.29) is 18.4 Å². The molecule has 2 aliphatic rings. The number of hydrogen-bond acceptors (Lipinski definition) is 6. The summed E-state index contributed by atoms with van der Waals surface area (Å²) in [5.74, 6) is -0.858. The summed E-state index contributed by atoms with van der Waals surface area (Å²) in [5, 5.41) is 6.10. The highest BCUT2D eigenvalue weighted by Gasteiger charge is 2.29. The number of rotatable bonds is 7. The SMILES string of the molecule is CN(C)CC(=O)N(C)c1ccc(NC(=C2C(=O)Nc3cc(F)ccc32)c2ccc(N3CCOC3=O)cc2)cc1. The quantitative estimate of drug-likeness (QED) is 0.445. The fourth-order valence-corrected chi connectivity index (χ4v) is 4.54. The Kier molecular flexibility index (Phi) is 7.03. The first kappa shape index (κ1) is 25.9. The molecule has 2 N–H and O–H groups in total. The van der Waals surface area contributed by atoms with Crippen LogP contribution in [0.5, 0.6) is 0 Å². The molecule has 1 saturated heterocycles. The monoisotopic (exact) mass is 529 g/mol. The maximum atomic E-state index is 13.9. The lowest BCUT2D eigenvalue weighted by molar-refractivity contribution is -0.119. The van der Waals surface area contributed by atoms with Crippen molar-refractivity contribution in [3.63, 3.8) is 0 Å². The van der Waals surface area contributed by atoms with E-state index in [1.165, 1.54) is 17.0 Å². The van der Waals surface area contributed by atoms with Gasteiger partial charge >= 0.3 is 6.09 Å². The van der Waals surface area contributed by atoms with Crippen molar-refractivity contribution in [1.29, 1.82) is 0 Å². The molecule has 3 aromatic carbocycles. The number of anilines is 4. The number of likely N-dealkylation sites (N-methyl/N-ethyl adjacent to an activating group) is 2. The van der Waals surface area contributed by atoms with Gasteiger partial charge in [0.05, 0.1) is 30.0 Å². The molecule has 0 saturated carbocycles. The molecule has 0 bridgehead atoms. The minimum atomic E-state index is -0.449. The molecule has 3 aromatic rings. The van der Waals surface area contributed by atoms with Crippen LogP contribution < -0.4 is 20.4 Å². The third-order valence-corrected chi connectivity index (χ3v) is 6.55. The lowest BCUT2D eigenvalue weighted by Crippen LogP contribution is -2.34. The first-order chi connectivity index (χ1) is 18.7. The van der Waals surface area contributed by atoms with Gasteiger partial charge in [-0.1, -0.05) is 12.1 Å². The van der Waals surface area contributed by atoms with Crippen molar-refractivity contribution in [2.45, 2.75) is 0 Å². The Labute approximate surface area is 225 Å². The molecule has 1 fully saturated rings. The second-order valence-electron chi connectivity index (χ2n) is 9.57. The molecule has 9 nitrogen and oxygen atoms in total. The van der Waals surface area contributed by atoms with E-state index in [1.54, 1.807) is 30.1 Å². The van der Waals surface area contributed by atoms with Crippen LogP contribution in [0.2, 0.25) is 0 Å². The number of cyclic esters (lactones) is 1. The van der Waals surface area contributed by atoms with Crippen molar-refractivity contribution >= 4 is 51.9 Å². The number of nitrogens with zero attached hydrogens (tertiary/aromatic N) is 3. The topological polar surface area (TPSA) is 94.2 Å². The van der Waals surface area contributed by atoms with Gasteiger partial charge in [-0.2, -0.15) is 0 Å². The molecular formula is C29H28FN5O4. The predicted molar refractivity (Wildman–Crippen MR) is 149 cm³/mol. The van der Waals surface area contributed by atoms with Crippen molar-refractivity contribution in [2.24, 2.45) is 0 Å². The smallest absolute Gasteiger partial charge is 0.414 e. The summed E-state index contributed by atoms with van der Waals surface area (Å²) in [6.07, 6.45) is -0.403. The first-order valence-electron chi connectivity index (χ1n) is 12.4. The van der Waals surface area contributed by atoms with E-state index in [9.17, 15) is 18.8 Å². The first-order valence-corrected chi connectivity index (χ1v) is 12.4. The maximum absolute atomic E-state index is 13.9. The molecule has 0 spiro atoms. The third kappa shape index (κ3) is 5.32. The van der Waals surface area contributed by atoms with E-state index in [0.717, 1.165) is 5.69 Å². The van der Waals surface area contributed by atoms with Crippen molar-refractivity contribution in [1.82, 2.24) is 4.90 Å². The Bertz CT molecular complexity index is 1470. The highest BCUT2D eigenvalue weighted by atomic mass is 19.1. The van der Waals surface area contributed by atoms with Crippen LogP contribution in [0.15, 0.2) is 66.7 Å². The summed E-state index contributed by atoms with van der Waals surface area (Å²) >= 11 is 0. The average Bonchev–Trinajstić information content (AvgIpc) is 3.48. The molecule has 5 rings (SSSR count). The average molecular weight is 530 g/mol. The van der Waals surface area contributed by atoms with Crippen LogP contribution in [0.4, 0.5) is 31.9 Å². The van der Waals surface area contributed by atoms with Crippen molar-refractivity contribution in [3.8, 4) is 0 Å². The summed E-state index contributed by atoms with van der Waals surface area (Å²) < 4.78 is 18.9. The van der Waals surface area contributed by atoms with Crippen LogP contribution in [0.1, 0.15) is 11.1 Å². The second kappa shape index (κ2) is 10.6. The van der Waals surface area contributed by atoms with Gasteiger partial charge in [0.2, 0.25) is 5.91 Å². The number of nitrogens with one attached hydrogen (secondary N) is 2. The summed E-state index contributed by atoms with van der Waals surface area (Å²) in [5.41, 5.74) is 4.62. The zero-order chi connectivity index (χ0) is 27.7. The molecule has 0 radical (unpaired) electrons. The fourth-order valence-electron chi connectivity index (χ4n) is 4.54. The van der Waals surface area contributed by atoms with E-state index in [2.05, 4.69) is 10.6 Å². The van der Waals surface area contributed by atoms with Crippen molar-refractivity contribution in [2.75, 3.05) is 61.3 Å². The second-order valence-corrected chi connectivity index (χ2v) is 9.57.